The molecular formula is C14H19N4O2S2+. The number of anilines is 1. The largest absolute Gasteiger partial charge is 0.360 e. The monoisotopic (exact) mass is 339 g/mol. The predicted octanol–water partition coefficient (Wildman–Crippen LogP) is -0.313. The van der Waals surface area contributed by atoms with Gasteiger partial charge in [0.05, 0.1) is 13.0 Å². The molecule has 1 aromatic rings. The molecule has 1 fully saturated rings. The number of amidine groups is 1. The van der Waals surface area contributed by atoms with Gasteiger partial charge in [-0.3, -0.25) is 4.99 Å². The second-order valence-corrected chi connectivity index (χ2v) is 7.61. The number of nitrogens with one attached hydrogen (secondary N) is 4. The topological polar surface area (TPSA) is 84.2 Å². The summed E-state index contributed by atoms with van der Waals surface area (Å²) < 4.78 is 27.3. The molecule has 2 aliphatic rings. The molecule has 6 nitrogen and oxygen atoms in total. The van der Waals surface area contributed by atoms with E-state index >= 15 is 0 Å². The van der Waals surface area contributed by atoms with Gasteiger partial charge in [-0.1, -0.05) is 6.07 Å². The Morgan fingerprint density at radius 2 is 2.14 bits per heavy atom. The maximum absolute atomic E-state index is 12.4. The van der Waals surface area contributed by atoms with E-state index in [1.54, 1.807) is 24.3 Å². The fraction of sp³-hybridized carbons (Fsp3) is 0.429. The Bertz CT molecular complexity index is 711. The Morgan fingerprint density at radius 1 is 1.32 bits per heavy atom. The zero-order valence-electron chi connectivity index (χ0n) is 12.1. The van der Waals surface area contributed by atoms with Crippen LogP contribution in [0.5, 0.6) is 0 Å². The summed E-state index contributed by atoms with van der Waals surface area (Å²) in [7, 11) is -3.57. The van der Waals surface area contributed by atoms with E-state index in [0.29, 0.717) is 22.7 Å². The molecule has 118 valence electrons. The first kappa shape index (κ1) is 15.2. The molecule has 1 saturated carbocycles. The first-order chi connectivity index (χ1) is 10.5. The second kappa shape index (κ2) is 6.21. The molecule has 0 atom stereocenters. The first-order valence-corrected chi connectivity index (χ1v) is 9.22. The first-order valence-electron chi connectivity index (χ1n) is 7.33. The highest BCUT2D eigenvalue weighted by Gasteiger charge is 2.25. The fourth-order valence-electron chi connectivity index (χ4n) is 2.22. The second-order valence-electron chi connectivity index (χ2n) is 5.51. The maximum atomic E-state index is 12.4. The lowest BCUT2D eigenvalue weighted by molar-refractivity contribution is -0.448. The summed E-state index contributed by atoms with van der Waals surface area (Å²) in [6.07, 6.45) is 3.94. The molecule has 0 spiro atoms. The number of hydrogen-bond acceptors (Lipinski definition) is 3. The zero-order valence-corrected chi connectivity index (χ0v) is 13.7. The molecule has 1 aliphatic heterocycles. The molecule has 22 heavy (non-hydrogen) atoms. The van der Waals surface area contributed by atoms with Crippen molar-refractivity contribution >= 4 is 38.9 Å². The highest BCUT2D eigenvalue weighted by molar-refractivity contribution is 7.90. The van der Waals surface area contributed by atoms with Crippen LogP contribution in [0, 0.1) is 0 Å². The van der Waals surface area contributed by atoms with Crippen molar-refractivity contribution in [2.24, 2.45) is 0 Å². The van der Waals surface area contributed by atoms with E-state index in [1.807, 2.05) is 0 Å². The summed E-state index contributed by atoms with van der Waals surface area (Å²) in [5.74, 6) is 0.657. The fourth-order valence-corrected chi connectivity index (χ4v) is 3.66. The van der Waals surface area contributed by atoms with Crippen molar-refractivity contribution in [2.45, 2.75) is 36.6 Å². The number of thiocarbonyl (C=S) groups is 1. The van der Waals surface area contributed by atoms with Crippen LogP contribution in [-0.2, 0) is 10.0 Å². The molecule has 1 aromatic carbocycles. The Morgan fingerprint density at radius 3 is 2.82 bits per heavy atom. The molecule has 1 heterocycles. The van der Waals surface area contributed by atoms with E-state index < -0.39 is 10.0 Å². The van der Waals surface area contributed by atoms with E-state index in [4.69, 9.17) is 12.2 Å². The summed E-state index contributed by atoms with van der Waals surface area (Å²) >= 11 is 5.20. The van der Waals surface area contributed by atoms with Gasteiger partial charge in [0.1, 0.15) is 4.90 Å². The SMILES string of the molecule is O=S(=O)(NC1=[NH+]CCC1)c1cccc(NC(=S)NC2CC2)c1. The highest BCUT2D eigenvalue weighted by Crippen LogP contribution is 2.19. The Kier molecular flexibility index (Phi) is 4.30. The smallest absolute Gasteiger partial charge is 0.328 e. The molecule has 1 aliphatic carbocycles. The van der Waals surface area contributed by atoms with Crippen molar-refractivity contribution in [3.05, 3.63) is 24.3 Å². The van der Waals surface area contributed by atoms with Gasteiger partial charge in [-0.15, -0.1) is 0 Å². The molecule has 0 saturated heterocycles. The quantitative estimate of drug-likeness (QED) is 0.566. The summed E-state index contributed by atoms with van der Waals surface area (Å²) in [4.78, 5) is 3.25. The van der Waals surface area contributed by atoms with Gasteiger partial charge in [0.15, 0.2) is 5.11 Å². The number of rotatable bonds is 4. The van der Waals surface area contributed by atoms with Gasteiger partial charge in [0, 0.05) is 11.7 Å². The molecule has 8 heteroatoms. The Balaban J connectivity index is 1.70. The third kappa shape index (κ3) is 3.95. The van der Waals surface area contributed by atoms with E-state index in [2.05, 4.69) is 20.3 Å². The molecule has 0 radical (unpaired) electrons. The third-order valence-corrected chi connectivity index (χ3v) is 5.12. The Hall–Kier alpha value is -1.67. The summed E-state index contributed by atoms with van der Waals surface area (Å²) in [6, 6.07) is 7.10. The van der Waals surface area contributed by atoms with Crippen LogP contribution < -0.4 is 20.3 Å². The van der Waals surface area contributed by atoms with Crippen LogP contribution in [-0.4, -0.2) is 32.0 Å². The lowest BCUT2D eigenvalue weighted by atomic mass is 10.3. The van der Waals surface area contributed by atoms with Crippen molar-refractivity contribution in [3.63, 3.8) is 0 Å². The van der Waals surface area contributed by atoms with E-state index in [9.17, 15) is 8.42 Å². The van der Waals surface area contributed by atoms with Gasteiger partial charge in [0.2, 0.25) is 0 Å². The molecule has 0 aromatic heterocycles. The van der Waals surface area contributed by atoms with Gasteiger partial charge in [-0.2, -0.15) is 13.1 Å². The van der Waals surface area contributed by atoms with E-state index in [-0.39, 0.29) is 4.90 Å². The summed E-state index contributed by atoms with van der Waals surface area (Å²) in [5, 5.41) is 6.71. The van der Waals surface area contributed by atoms with Crippen LogP contribution >= 0.6 is 12.2 Å². The number of benzene rings is 1. The van der Waals surface area contributed by atoms with Crippen LogP contribution in [0.1, 0.15) is 25.7 Å². The van der Waals surface area contributed by atoms with Gasteiger partial charge in [0.25, 0.3) is 5.84 Å². The third-order valence-electron chi connectivity index (χ3n) is 3.51. The number of hydrogen-bond donors (Lipinski definition) is 4. The predicted molar refractivity (Wildman–Crippen MR) is 89.2 cm³/mol. The van der Waals surface area contributed by atoms with Crippen molar-refractivity contribution in [1.82, 2.24) is 10.0 Å². The molecule has 0 unspecified atom stereocenters. The maximum Gasteiger partial charge on any atom is 0.328 e. The minimum atomic E-state index is -3.57. The Labute approximate surface area is 135 Å². The molecular weight excluding hydrogens is 320 g/mol. The zero-order chi connectivity index (χ0) is 15.6. The van der Waals surface area contributed by atoms with Crippen LogP contribution in [0.25, 0.3) is 0 Å². The minimum Gasteiger partial charge on any atom is -0.360 e. The molecule has 0 bridgehead atoms. The average molecular weight is 339 g/mol. The minimum absolute atomic E-state index is 0.216. The normalized spacial score (nSPS) is 17.7. The molecule has 3 rings (SSSR count). The van der Waals surface area contributed by atoms with Crippen LogP contribution in [0.2, 0.25) is 0 Å². The standard InChI is InChI=1S/C14H18N4O2S2/c19-22(20,18-13-5-2-8-15-13)12-4-1-3-11(9-12)17-14(21)16-10-6-7-10/h1,3-4,9-10H,2,5-8H2,(H,15,18)(H2,16,17,21)/p+1. The van der Waals surface area contributed by atoms with Gasteiger partial charge in [-0.25, -0.2) is 0 Å². The average Bonchev–Trinajstić information content (AvgIpc) is 3.12. The summed E-state index contributed by atoms with van der Waals surface area (Å²) in [6.45, 7) is 0.806. The van der Waals surface area contributed by atoms with Crippen molar-refractivity contribution < 1.29 is 13.4 Å². The number of sulfonamides is 1. The highest BCUT2D eigenvalue weighted by atomic mass is 32.2. The van der Waals surface area contributed by atoms with Gasteiger partial charge < -0.3 is 10.6 Å². The molecule has 4 N–H and O–H groups in total. The van der Waals surface area contributed by atoms with Gasteiger partial charge >= 0.3 is 10.0 Å². The van der Waals surface area contributed by atoms with Gasteiger partial charge in [-0.05, 0) is 49.7 Å². The van der Waals surface area contributed by atoms with Crippen molar-refractivity contribution in [1.29, 1.82) is 0 Å². The van der Waals surface area contributed by atoms with Crippen LogP contribution in [0.3, 0.4) is 0 Å². The lowest BCUT2D eigenvalue weighted by Gasteiger charge is -2.10. The summed E-state index contributed by atoms with van der Waals surface area (Å²) in [5.41, 5.74) is 0.658. The van der Waals surface area contributed by atoms with Crippen molar-refractivity contribution in [3.8, 4) is 0 Å². The van der Waals surface area contributed by atoms with E-state index in [1.165, 1.54) is 0 Å². The van der Waals surface area contributed by atoms with E-state index in [0.717, 1.165) is 32.2 Å². The molecule has 0 amide bonds. The van der Waals surface area contributed by atoms with Crippen molar-refractivity contribution in [2.75, 3.05) is 11.9 Å². The van der Waals surface area contributed by atoms with Crippen LogP contribution in [0.4, 0.5) is 5.69 Å². The lowest BCUT2D eigenvalue weighted by Crippen LogP contribution is -2.72. The van der Waals surface area contributed by atoms with Crippen LogP contribution in [0.15, 0.2) is 29.2 Å².